The van der Waals surface area contributed by atoms with Crippen molar-refractivity contribution in [2.75, 3.05) is 25.3 Å². The van der Waals surface area contributed by atoms with Gasteiger partial charge in [-0.1, -0.05) is 23.9 Å². The van der Waals surface area contributed by atoms with Crippen LogP contribution in [0.2, 0.25) is 0 Å². The molecule has 1 heterocycles. The number of methoxy groups -OCH3 is 2. The Kier molecular flexibility index (Phi) is 6.01. The minimum atomic E-state index is -0.0255. The summed E-state index contributed by atoms with van der Waals surface area (Å²) < 4.78 is 10.4. The zero-order chi connectivity index (χ0) is 18.4. The molecule has 7 heteroatoms. The molecule has 0 fully saturated rings. The highest BCUT2D eigenvalue weighted by Gasteiger charge is 2.08. The minimum Gasteiger partial charge on any atom is -0.493 e. The van der Waals surface area contributed by atoms with E-state index in [-0.39, 0.29) is 5.91 Å². The number of carbonyl (C=O) groups is 1. The van der Waals surface area contributed by atoms with Gasteiger partial charge in [-0.2, -0.15) is 0 Å². The number of amides is 1. The summed E-state index contributed by atoms with van der Waals surface area (Å²) in [6, 6.07) is 13.2. The first kappa shape index (κ1) is 18.1. The quantitative estimate of drug-likeness (QED) is 0.461. The van der Waals surface area contributed by atoms with E-state index in [0.717, 1.165) is 28.4 Å². The predicted molar refractivity (Wildman–Crippen MR) is 104 cm³/mol. The van der Waals surface area contributed by atoms with Crippen molar-refractivity contribution >= 4 is 34.4 Å². The van der Waals surface area contributed by atoms with Crippen LogP contribution in [0.3, 0.4) is 0 Å². The number of fused-ring (bicyclic) bond motifs is 1. The van der Waals surface area contributed by atoms with Crippen LogP contribution in [0.25, 0.3) is 11.0 Å². The van der Waals surface area contributed by atoms with Crippen molar-refractivity contribution in [3.8, 4) is 11.5 Å². The van der Waals surface area contributed by atoms with E-state index in [0.29, 0.717) is 23.6 Å². The van der Waals surface area contributed by atoms with E-state index >= 15 is 0 Å². The van der Waals surface area contributed by atoms with Gasteiger partial charge in [0, 0.05) is 23.9 Å². The molecule has 0 aliphatic rings. The number of hydrogen-bond donors (Lipinski definition) is 2. The molecule has 1 aromatic heterocycles. The summed E-state index contributed by atoms with van der Waals surface area (Å²) in [4.78, 5) is 19.9. The number of thioether (sulfide) groups is 1. The van der Waals surface area contributed by atoms with Crippen molar-refractivity contribution in [2.45, 2.75) is 18.0 Å². The zero-order valence-electron chi connectivity index (χ0n) is 14.7. The highest BCUT2D eigenvalue weighted by Crippen LogP contribution is 2.29. The number of aromatic nitrogens is 2. The van der Waals surface area contributed by atoms with Crippen LogP contribution < -0.4 is 14.8 Å². The van der Waals surface area contributed by atoms with Crippen LogP contribution >= 0.6 is 11.8 Å². The molecular formula is C19H21N3O3S. The average molecular weight is 371 g/mol. The Hall–Kier alpha value is -2.67. The first-order chi connectivity index (χ1) is 12.7. The molecule has 3 aromatic rings. The fraction of sp³-hybridized carbons (Fsp3) is 0.263. The SMILES string of the molecule is COc1ccc(NC(=O)CCCSc2nc3ccccc3[nH]2)cc1OC. The Labute approximate surface area is 156 Å². The number of anilines is 1. The number of benzene rings is 2. The van der Waals surface area contributed by atoms with E-state index in [2.05, 4.69) is 15.3 Å². The number of H-pyrrole nitrogens is 1. The Morgan fingerprint density at radius 3 is 2.73 bits per heavy atom. The summed E-state index contributed by atoms with van der Waals surface area (Å²) in [5.74, 6) is 2.01. The van der Waals surface area contributed by atoms with E-state index < -0.39 is 0 Å². The van der Waals surface area contributed by atoms with E-state index in [9.17, 15) is 4.79 Å². The number of nitrogens with one attached hydrogen (secondary N) is 2. The Bertz CT molecular complexity index is 862. The molecule has 1 amide bonds. The second kappa shape index (κ2) is 8.62. The number of rotatable bonds is 8. The van der Waals surface area contributed by atoms with Gasteiger partial charge in [0.05, 0.1) is 25.3 Å². The van der Waals surface area contributed by atoms with Gasteiger partial charge in [-0.3, -0.25) is 4.79 Å². The van der Waals surface area contributed by atoms with E-state index in [1.54, 1.807) is 44.2 Å². The van der Waals surface area contributed by atoms with Gasteiger partial charge < -0.3 is 19.8 Å². The summed E-state index contributed by atoms with van der Waals surface area (Å²) in [6.07, 6.45) is 1.21. The Balaban J connectivity index is 1.45. The monoisotopic (exact) mass is 371 g/mol. The number of imidazole rings is 1. The summed E-state index contributed by atoms with van der Waals surface area (Å²) in [5, 5.41) is 3.76. The molecule has 0 aliphatic carbocycles. The van der Waals surface area contributed by atoms with Crippen molar-refractivity contribution in [2.24, 2.45) is 0 Å². The molecule has 0 aliphatic heterocycles. The number of aromatic amines is 1. The first-order valence-corrected chi connectivity index (χ1v) is 9.27. The maximum absolute atomic E-state index is 12.1. The molecule has 136 valence electrons. The van der Waals surface area contributed by atoms with Crippen LogP contribution in [0.15, 0.2) is 47.6 Å². The van der Waals surface area contributed by atoms with Crippen molar-refractivity contribution in [1.29, 1.82) is 0 Å². The molecule has 0 spiro atoms. The van der Waals surface area contributed by atoms with E-state index in [1.165, 1.54) is 0 Å². The maximum Gasteiger partial charge on any atom is 0.224 e. The van der Waals surface area contributed by atoms with Gasteiger partial charge >= 0.3 is 0 Å². The molecule has 6 nitrogen and oxygen atoms in total. The van der Waals surface area contributed by atoms with E-state index in [4.69, 9.17) is 9.47 Å². The molecule has 0 saturated carbocycles. The molecule has 2 N–H and O–H groups in total. The molecule has 0 radical (unpaired) electrons. The second-order valence-electron chi connectivity index (χ2n) is 5.63. The van der Waals surface area contributed by atoms with Gasteiger partial charge in [-0.05, 0) is 30.7 Å². The topological polar surface area (TPSA) is 76.2 Å². The van der Waals surface area contributed by atoms with Gasteiger partial charge in [0.2, 0.25) is 5.91 Å². The third kappa shape index (κ3) is 4.49. The molecule has 3 rings (SSSR count). The van der Waals surface area contributed by atoms with Crippen LogP contribution in [0.4, 0.5) is 5.69 Å². The lowest BCUT2D eigenvalue weighted by Crippen LogP contribution is -2.11. The summed E-state index contributed by atoms with van der Waals surface area (Å²) in [6.45, 7) is 0. The van der Waals surface area contributed by atoms with Crippen LogP contribution in [0.1, 0.15) is 12.8 Å². The highest BCUT2D eigenvalue weighted by atomic mass is 32.2. The molecule has 0 unspecified atom stereocenters. The lowest BCUT2D eigenvalue weighted by Gasteiger charge is -2.10. The van der Waals surface area contributed by atoms with Crippen molar-refractivity contribution in [3.05, 3.63) is 42.5 Å². The smallest absolute Gasteiger partial charge is 0.224 e. The fourth-order valence-electron chi connectivity index (χ4n) is 2.54. The van der Waals surface area contributed by atoms with Crippen LogP contribution in [-0.4, -0.2) is 35.8 Å². The normalized spacial score (nSPS) is 10.7. The number of nitrogens with zero attached hydrogens (tertiary/aromatic N) is 1. The molecule has 26 heavy (non-hydrogen) atoms. The van der Waals surface area contributed by atoms with Crippen molar-refractivity contribution in [1.82, 2.24) is 9.97 Å². The number of hydrogen-bond acceptors (Lipinski definition) is 5. The summed E-state index contributed by atoms with van der Waals surface area (Å²) >= 11 is 1.62. The Morgan fingerprint density at radius 2 is 1.96 bits per heavy atom. The number of para-hydroxylation sites is 2. The van der Waals surface area contributed by atoms with Gasteiger partial charge in [-0.25, -0.2) is 4.98 Å². The zero-order valence-corrected chi connectivity index (χ0v) is 15.6. The van der Waals surface area contributed by atoms with E-state index in [1.807, 2.05) is 24.3 Å². The third-order valence-electron chi connectivity index (χ3n) is 3.82. The van der Waals surface area contributed by atoms with Gasteiger partial charge in [0.15, 0.2) is 16.7 Å². The van der Waals surface area contributed by atoms with Gasteiger partial charge in [0.1, 0.15) is 0 Å². The summed E-state index contributed by atoms with van der Waals surface area (Å²) in [7, 11) is 3.15. The lowest BCUT2D eigenvalue weighted by atomic mass is 10.2. The standard InChI is InChI=1S/C19H21N3O3S/c1-24-16-10-9-13(12-17(16)25-2)20-18(23)8-5-11-26-19-21-14-6-3-4-7-15(14)22-19/h3-4,6-7,9-10,12H,5,8,11H2,1-2H3,(H,20,23)(H,21,22). The Morgan fingerprint density at radius 1 is 1.15 bits per heavy atom. The minimum absolute atomic E-state index is 0.0255. The molecule has 0 atom stereocenters. The average Bonchev–Trinajstić information content (AvgIpc) is 3.08. The molecule has 2 aromatic carbocycles. The fourth-order valence-corrected chi connectivity index (χ4v) is 3.36. The number of ether oxygens (including phenoxy) is 2. The second-order valence-corrected chi connectivity index (χ2v) is 6.71. The van der Waals surface area contributed by atoms with Crippen LogP contribution in [0, 0.1) is 0 Å². The molecule has 0 saturated heterocycles. The van der Waals surface area contributed by atoms with Crippen molar-refractivity contribution in [3.63, 3.8) is 0 Å². The highest BCUT2D eigenvalue weighted by molar-refractivity contribution is 7.99. The predicted octanol–water partition coefficient (Wildman–Crippen LogP) is 4.09. The lowest BCUT2D eigenvalue weighted by molar-refractivity contribution is -0.116. The molecule has 0 bridgehead atoms. The molecular weight excluding hydrogens is 350 g/mol. The van der Waals surface area contributed by atoms with Crippen LogP contribution in [0.5, 0.6) is 11.5 Å². The van der Waals surface area contributed by atoms with Gasteiger partial charge in [0.25, 0.3) is 0 Å². The summed E-state index contributed by atoms with van der Waals surface area (Å²) in [5.41, 5.74) is 2.68. The third-order valence-corrected chi connectivity index (χ3v) is 4.78. The first-order valence-electron chi connectivity index (χ1n) is 8.29. The maximum atomic E-state index is 12.1. The van der Waals surface area contributed by atoms with Crippen LogP contribution in [-0.2, 0) is 4.79 Å². The van der Waals surface area contributed by atoms with Gasteiger partial charge in [-0.15, -0.1) is 0 Å². The number of carbonyl (C=O) groups excluding carboxylic acids is 1. The van der Waals surface area contributed by atoms with Crippen molar-refractivity contribution < 1.29 is 14.3 Å². The largest absolute Gasteiger partial charge is 0.493 e.